The van der Waals surface area contributed by atoms with Crippen LogP contribution in [0.3, 0.4) is 0 Å². The number of amides is 1. The quantitative estimate of drug-likeness (QED) is 0.674. The molecular formula is C17H18N4O3S. The Bertz CT molecular complexity index is 815. The van der Waals surface area contributed by atoms with Crippen molar-refractivity contribution >= 4 is 17.2 Å². The van der Waals surface area contributed by atoms with Crippen molar-refractivity contribution < 1.29 is 14.6 Å². The number of carbonyl (C=O) groups excluding carboxylic acids is 1. The monoisotopic (exact) mass is 358 g/mol. The minimum absolute atomic E-state index is 0.0819. The van der Waals surface area contributed by atoms with E-state index in [0.29, 0.717) is 6.54 Å². The van der Waals surface area contributed by atoms with E-state index in [1.165, 1.54) is 11.0 Å². The van der Waals surface area contributed by atoms with Gasteiger partial charge in [0.1, 0.15) is 12.1 Å². The lowest BCUT2D eigenvalue weighted by molar-refractivity contribution is 0.0939. The van der Waals surface area contributed by atoms with Crippen molar-refractivity contribution in [2.24, 2.45) is 0 Å². The van der Waals surface area contributed by atoms with Gasteiger partial charge in [0.15, 0.2) is 0 Å². The number of thiophene rings is 1. The summed E-state index contributed by atoms with van der Waals surface area (Å²) in [5.41, 5.74) is 0.736. The van der Waals surface area contributed by atoms with Crippen molar-refractivity contribution in [3.63, 3.8) is 0 Å². The number of benzene rings is 1. The molecule has 0 aliphatic rings. The van der Waals surface area contributed by atoms with E-state index in [2.05, 4.69) is 15.4 Å². The lowest BCUT2D eigenvalue weighted by Gasteiger charge is -2.11. The van der Waals surface area contributed by atoms with Crippen LogP contribution in [0.1, 0.15) is 27.2 Å². The first-order valence-corrected chi connectivity index (χ1v) is 8.55. The van der Waals surface area contributed by atoms with Crippen LogP contribution in [0.25, 0.3) is 0 Å². The fourth-order valence-electron chi connectivity index (χ4n) is 2.25. The SMILES string of the molecule is COc1ccc(C(O)Cn2cnc(C(=O)NCc3cccs3)n2)cc1. The van der Waals surface area contributed by atoms with Gasteiger partial charge in [-0.25, -0.2) is 9.67 Å². The first kappa shape index (κ1) is 17.1. The molecule has 3 rings (SSSR count). The maximum absolute atomic E-state index is 12.1. The lowest BCUT2D eigenvalue weighted by atomic mass is 10.1. The molecule has 0 aliphatic heterocycles. The smallest absolute Gasteiger partial charge is 0.291 e. The second kappa shape index (κ2) is 7.91. The van der Waals surface area contributed by atoms with Crippen LogP contribution in [0.5, 0.6) is 5.75 Å². The van der Waals surface area contributed by atoms with Gasteiger partial charge in [-0.2, -0.15) is 0 Å². The van der Waals surface area contributed by atoms with Crippen molar-refractivity contribution in [2.45, 2.75) is 19.2 Å². The highest BCUT2D eigenvalue weighted by Gasteiger charge is 2.14. The molecule has 130 valence electrons. The van der Waals surface area contributed by atoms with Crippen molar-refractivity contribution in [2.75, 3.05) is 7.11 Å². The molecule has 3 aromatic rings. The van der Waals surface area contributed by atoms with Crippen molar-refractivity contribution in [1.82, 2.24) is 20.1 Å². The molecule has 2 heterocycles. The summed E-state index contributed by atoms with van der Waals surface area (Å²) in [4.78, 5) is 17.1. The highest BCUT2D eigenvalue weighted by atomic mass is 32.1. The molecule has 1 aromatic carbocycles. The zero-order valence-electron chi connectivity index (χ0n) is 13.6. The molecule has 0 fully saturated rings. The topological polar surface area (TPSA) is 89.3 Å². The lowest BCUT2D eigenvalue weighted by Crippen LogP contribution is -2.24. The minimum Gasteiger partial charge on any atom is -0.497 e. The third-order valence-corrected chi connectivity index (χ3v) is 4.48. The van der Waals surface area contributed by atoms with Crippen molar-refractivity contribution in [3.05, 3.63) is 64.4 Å². The van der Waals surface area contributed by atoms with Gasteiger partial charge in [-0.05, 0) is 29.1 Å². The Labute approximate surface area is 148 Å². The fraction of sp³-hybridized carbons (Fsp3) is 0.235. The van der Waals surface area contributed by atoms with E-state index in [9.17, 15) is 9.90 Å². The molecule has 0 bridgehead atoms. The van der Waals surface area contributed by atoms with Crippen molar-refractivity contribution in [3.8, 4) is 5.75 Å². The Hall–Kier alpha value is -2.71. The Morgan fingerprint density at radius 2 is 2.16 bits per heavy atom. The number of aliphatic hydroxyl groups excluding tert-OH is 1. The second-order valence-corrected chi connectivity index (χ2v) is 6.37. The Kier molecular flexibility index (Phi) is 5.42. The number of hydrogen-bond acceptors (Lipinski definition) is 6. The van der Waals surface area contributed by atoms with Gasteiger partial charge in [-0.3, -0.25) is 4.79 Å². The van der Waals surface area contributed by atoms with Crippen LogP contribution in [0.4, 0.5) is 0 Å². The molecule has 1 amide bonds. The molecule has 0 aliphatic carbocycles. The minimum atomic E-state index is -0.755. The molecule has 0 spiro atoms. The summed E-state index contributed by atoms with van der Waals surface area (Å²) in [6, 6.07) is 11.0. The molecule has 0 saturated heterocycles. The summed E-state index contributed by atoms with van der Waals surface area (Å²) in [5.74, 6) is 0.464. The Balaban J connectivity index is 1.57. The van der Waals surface area contributed by atoms with Gasteiger partial charge in [-0.1, -0.05) is 18.2 Å². The number of rotatable bonds is 7. The van der Waals surface area contributed by atoms with E-state index in [0.717, 1.165) is 16.2 Å². The van der Waals surface area contributed by atoms with E-state index in [1.807, 2.05) is 17.5 Å². The van der Waals surface area contributed by atoms with E-state index < -0.39 is 6.10 Å². The summed E-state index contributed by atoms with van der Waals surface area (Å²) in [7, 11) is 1.59. The maximum atomic E-state index is 12.1. The molecule has 1 atom stereocenters. The van der Waals surface area contributed by atoms with E-state index in [4.69, 9.17) is 4.74 Å². The molecule has 1 unspecified atom stereocenters. The van der Waals surface area contributed by atoms with Crippen LogP contribution in [0, 0.1) is 0 Å². The zero-order valence-corrected chi connectivity index (χ0v) is 14.4. The molecule has 2 N–H and O–H groups in total. The van der Waals surface area contributed by atoms with E-state index in [1.54, 1.807) is 42.7 Å². The number of hydrogen-bond donors (Lipinski definition) is 2. The van der Waals surface area contributed by atoms with Gasteiger partial charge < -0.3 is 15.2 Å². The van der Waals surface area contributed by atoms with Crippen LogP contribution < -0.4 is 10.1 Å². The van der Waals surface area contributed by atoms with Gasteiger partial charge in [0.25, 0.3) is 5.91 Å². The molecule has 0 saturated carbocycles. The van der Waals surface area contributed by atoms with Crippen LogP contribution in [-0.4, -0.2) is 32.9 Å². The maximum Gasteiger partial charge on any atom is 0.291 e. The highest BCUT2D eigenvalue weighted by molar-refractivity contribution is 7.09. The zero-order chi connectivity index (χ0) is 17.6. The molecule has 0 radical (unpaired) electrons. The fourth-order valence-corrected chi connectivity index (χ4v) is 2.90. The normalized spacial score (nSPS) is 11.9. The molecule has 7 nitrogen and oxygen atoms in total. The number of aromatic nitrogens is 3. The predicted molar refractivity (Wildman–Crippen MR) is 93.5 cm³/mol. The summed E-state index contributed by atoms with van der Waals surface area (Å²) in [6.07, 6.45) is 0.682. The number of aliphatic hydroxyl groups is 1. The number of ether oxygens (including phenoxy) is 1. The highest BCUT2D eigenvalue weighted by Crippen LogP contribution is 2.18. The van der Waals surface area contributed by atoms with Gasteiger partial charge >= 0.3 is 0 Å². The largest absolute Gasteiger partial charge is 0.497 e. The van der Waals surface area contributed by atoms with Crippen LogP contribution >= 0.6 is 11.3 Å². The van der Waals surface area contributed by atoms with E-state index in [-0.39, 0.29) is 18.3 Å². The average Bonchev–Trinajstić information content (AvgIpc) is 3.31. The average molecular weight is 358 g/mol. The standard InChI is InChI=1S/C17H18N4O3S/c1-24-13-6-4-12(5-7-13)15(22)10-21-11-19-16(20-21)17(23)18-9-14-3-2-8-25-14/h2-8,11,15,22H,9-10H2,1H3,(H,18,23). The van der Waals surface area contributed by atoms with Gasteiger partial charge in [-0.15, -0.1) is 16.4 Å². The summed E-state index contributed by atoms with van der Waals surface area (Å²) < 4.78 is 6.55. The molecule has 8 heteroatoms. The van der Waals surface area contributed by atoms with Crippen LogP contribution in [0.15, 0.2) is 48.1 Å². The van der Waals surface area contributed by atoms with Gasteiger partial charge in [0.05, 0.1) is 26.3 Å². The molecule has 25 heavy (non-hydrogen) atoms. The summed E-state index contributed by atoms with van der Waals surface area (Å²) >= 11 is 1.57. The number of carbonyl (C=O) groups is 1. The Morgan fingerprint density at radius 3 is 2.84 bits per heavy atom. The predicted octanol–water partition coefficient (Wildman–Crippen LogP) is 2.01. The first-order chi connectivity index (χ1) is 12.2. The van der Waals surface area contributed by atoms with Crippen LogP contribution in [-0.2, 0) is 13.1 Å². The number of methoxy groups -OCH3 is 1. The van der Waals surface area contributed by atoms with Gasteiger partial charge in [0.2, 0.25) is 5.82 Å². The number of nitrogens with zero attached hydrogens (tertiary/aromatic N) is 3. The second-order valence-electron chi connectivity index (χ2n) is 5.34. The number of nitrogens with one attached hydrogen (secondary N) is 1. The van der Waals surface area contributed by atoms with Crippen molar-refractivity contribution in [1.29, 1.82) is 0 Å². The Morgan fingerprint density at radius 1 is 1.36 bits per heavy atom. The van der Waals surface area contributed by atoms with E-state index >= 15 is 0 Å². The summed E-state index contributed by atoms with van der Waals surface area (Å²) in [6.45, 7) is 0.650. The van der Waals surface area contributed by atoms with Crippen LogP contribution in [0.2, 0.25) is 0 Å². The third-order valence-electron chi connectivity index (χ3n) is 3.60. The summed E-state index contributed by atoms with van der Waals surface area (Å²) in [5, 5.41) is 19.1. The first-order valence-electron chi connectivity index (χ1n) is 7.68. The molecule has 2 aromatic heterocycles. The van der Waals surface area contributed by atoms with Gasteiger partial charge in [0, 0.05) is 4.88 Å². The molecular weight excluding hydrogens is 340 g/mol. The third kappa shape index (κ3) is 4.43.